The predicted molar refractivity (Wildman–Crippen MR) is 87.1 cm³/mol. The molecule has 0 unspecified atom stereocenters. The number of hydrogen-bond donors (Lipinski definition) is 1. The van der Waals surface area contributed by atoms with E-state index < -0.39 is 0 Å². The van der Waals surface area contributed by atoms with Crippen molar-refractivity contribution in [3.05, 3.63) is 46.0 Å². The summed E-state index contributed by atoms with van der Waals surface area (Å²) < 4.78 is 5.23. The topological polar surface area (TPSA) is 61.7 Å². The number of rotatable bonds is 4. The largest absolute Gasteiger partial charge is 0.326 e. The third-order valence-corrected chi connectivity index (χ3v) is 4.74. The predicted octanol–water partition coefficient (Wildman–Crippen LogP) is 2.83. The first-order valence-corrected chi connectivity index (χ1v) is 7.79. The molecule has 0 aromatic carbocycles. The summed E-state index contributed by atoms with van der Waals surface area (Å²) in [4.78, 5) is 4.50. The lowest BCUT2D eigenvalue weighted by molar-refractivity contribution is 0.599. The van der Waals surface area contributed by atoms with E-state index in [2.05, 4.69) is 49.8 Å². The lowest BCUT2D eigenvalue weighted by Crippen LogP contribution is -2.08. The quantitative estimate of drug-likeness (QED) is 0.789. The highest BCUT2D eigenvalue weighted by Gasteiger charge is 2.15. The molecule has 21 heavy (non-hydrogen) atoms. The van der Waals surface area contributed by atoms with E-state index in [0.29, 0.717) is 6.54 Å². The zero-order valence-corrected chi connectivity index (χ0v) is 13.8. The lowest BCUT2D eigenvalue weighted by Gasteiger charge is -2.08. The Bertz CT molecular complexity index is 787. The van der Waals surface area contributed by atoms with E-state index in [0.717, 1.165) is 45.5 Å². The number of nitrogens with two attached hydrogens (primary N) is 1. The number of aromatic nitrogens is 4. The van der Waals surface area contributed by atoms with Gasteiger partial charge in [0.15, 0.2) is 0 Å². The minimum atomic E-state index is 0.516. The van der Waals surface area contributed by atoms with Gasteiger partial charge >= 0.3 is 0 Å². The fourth-order valence-corrected chi connectivity index (χ4v) is 3.07. The molecule has 6 heteroatoms. The summed E-state index contributed by atoms with van der Waals surface area (Å²) in [6.07, 6.45) is 3.91. The van der Waals surface area contributed by atoms with Crippen LogP contribution in [0.4, 0.5) is 0 Å². The highest BCUT2D eigenvalue weighted by Crippen LogP contribution is 2.25. The smallest absolute Gasteiger partial charge is 0.140 e. The molecule has 5 nitrogen and oxygen atoms in total. The van der Waals surface area contributed by atoms with Crippen LogP contribution in [0.15, 0.2) is 29.0 Å². The van der Waals surface area contributed by atoms with Crippen LogP contribution in [0.25, 0.3) is 11.0 Å². The van der Waals surface area contributed by atoms with Gasteiger partial charge < -0.3 is 10.3 Å². The average molecular weight is 348 g/mol. The van der Waals surface area contributed by atoms with Gasteiger partial charge in [-0.2, -0.15) is 5.10 Å². The third kappa shape index (κ3) is 2.38. The van der Waals surface area contributed by atoms with Crippen LogP contribution in [-0.4, -0.2) is 19.3 Å². The molecule has 110 valence electrons. The molecule has 2 N–H and O–H groups in total. The minimum Gasteiger partial charge on any atom is -0.326 e. The number of hydrogen-bond acceptors (Lipinski definition) is 3. The molecule has 3 aromatic rings. The van der Waals surface area contributed by atoms with Crippen LogP contribution in [0.5, 0.6) is 0 Å². The van der Waals surface area contributed by atoms with Crippen LogP contribution in [0.1, 0.15) is 23.9 Å². The molecule has 0 aliphatic rings. The Hall–Kier alpha value is -1.66. The lowest BCUT2D eigenvalue weighted by atomic mass is 10.2. The molecule has 0 bridgehead atoms. The summed E-state index contributed by atoms with van der Waals surface area (Å²) >= 11 is 3.65. The van der Waals surface area contributed by atoms with Gasteiger partial charge in [-0.05, 0) is 47.5 Å². The Morgan fingerprint density at radius 2 is 2.19 bits per heavy atom. The number of halogens is 1. The second kappa shape index (κ2) is 5.61. The SMILES string of the molecule is CCn1nc(C)c(Br)c1Cn1cc(CN)c2cccnc21. The molecule has 0 spiro atoms. The van der Waals surface area contributed by atoms with Gasteiger partial charge in [0.2, 0.25) is 0 Å². The second-order valence-corrected chi connectivity index (χ2v) is 5.82. The maximum Gasteiger partial charge on any atom is 0.140 e. The summed E-state index contributed by atoms with van der Waals surface area (Å²) in [5.74, 6) is 0. The molecule has 0 aliphatic carbocycles. The normalized spacial score (nSPS) is 11.4. The first-order valence-electron chi connectivity index (χ1n) is 7.00. The molecule has 3 heterocycles. The Morgan fingerprint density at radius 3 is 2.90 bits per heavy atom. The van der Waals surface area contributed by atoms with Crippen molar-refractivity contribution < 1.29 is 0 Å². The van der Waals surface area contributed by atoms with E-state index in [9.17, 15) is 0 Å². The van der Waals surface area contributed by atoms with Gasteiger partial charge in [0, 0.05) is 30.9 Å². The molecule has 0 radical (unpaired) electrons. The number of nitrogens with zero attached hydrogens (tertiary/aromatic N) is 4. The van der Waals surface area contributed by atoms with Crippen LogP contribution in [0.2, 0.25) is 0 Å². The molecule has 0 atom stereocenters. The average Bonchev–Trinajstić information content (AvgIpc) is 3.00. The van der Waals surface area contributed by atoms with Crippen LogP contribution >= 0.6 is 15.9 Å². The highest BCUT2D eigenvalue weighted by molar-refractivity contribution is 9.10. The van der Waals surface area contributed by atoms with Crippen LogP contribution in [-0.2, 0) is 19.6 Å². The van der Waals surface area contributed by atoms with Crippen LogP contribution in [0, 0.1) is 6.92 Å². The summed E-state index contributed by atoms with van der Waals surface area (Å²) in [5, 5.41) is 5.66. The van der Waals surface area contributed by atoms with E-state index in [-0.39, 0.29) is 0 Å². The van der Waals surface area contributed by atoms with Crippen molar-refractivity contribution in [2.75, 3.05) is 0 Å². The maximum absolute atomic E-state index is 5.84. The summed E-state index contributed by atoms with van der Waals surface area (Å²) in [6.45, 7) is 6.19. The van der Waals surface area contributed by atoms with Gasteiger partial charge in [0.05, 0.1) is 22.4 Å². The number of fused-ring (bicyclic) bond motifs is 1. The van der Waals surface area contributed by atoms with Gasteiger partial charge in [-0.15, -0.1) is 0 Å². The fourth-order valence-electron chi connectivity index (χ4n) is 2.66. The van der Waals surface area contributed by atoms with E-state index >= 15 is 0 Å². The summed E-state index contributed by atoms with van der Waals surface area (Å²) in [6, 6.07) is 4.01. The van der Waals surface area contributed by atoms with Crippen LogP contribution in [0.3, 0.4) is 0 Å². The van der Waals surface area contributed by atoms with Crippen molar-refractivity contribution >= 4 is 27.0 Å². The van der Waals surface area contributed by atoms with Crippen molar-refractivity contribution in [3.63, 3.8) is 0 Å². The van der Waals surface area contributed by atoms with Crippen LogP contribution < -0.4 is 5.73 Å². The minimum absolute atomic E-state index is 0.516. The zero-order chi connectivity index (χ0) is 15.0. The first kappa shape index (κ1) is 14.3. The second-order valence-electron chi connectivity index (χ2n) is 5.02. The number of aryl methyl sites for hydroxylation is 2. The molecule has 0 amide bonds. The molecule has 3 rings (SSSR count). The van der Waals surface area contributed by atoms with Gasteiger partial charge in [-0.25, -0.2) is 4.98 Å². The van der Waals surface area contributed by atoms with Crippen molar-refractivity contribution in [2.45, 2.75) is 33.5 Å². The Kier molecular flexibility index (Phi) is 3.82. The van der Waals surface area contributed by atoms with Gasteiger partial charge in [-0.1, -0.05) is 0 Å². The molecule has 0 fully saturated rings. The molecular formula is C15H18BrN5. The van der Waals surface area contributed by atoms with E-state index in [4.69, 9.17) is 5.73 Å². The molecule has 0 saturated carbocycles. The standard InChI is InChI=1S/C15H18BrN5/c1-3-21-13(14(16)10(2)19-21)9-20-8-11(7-17)12-5-4-6-18-15(12)20/h4-6,8H,3,7,9,17H2,1-2H3. The Balaban J connectivity index is 2.10. The number of pyridine rings is 1. The Morgan fingerprint density at radius 1 is 1.38 bits per heavy atom. The van der Waals surface area contributed by atoms with Gasteiger partial charge in [0.25, 0.3) is 0 Å². The molecule has 3 aromatic heterocycles. The summed E-state index contributed by atoms with van der Waals surface area (Å²) in [7, 11) is 0. The van der Waals surface area contributed by atoms with Crippen molar-refractivity contribution in [2.24, 2.45) is 5.73 Å². The van der Waals surface area contributed by atoms with E-state index in [1.54, 1.807) is 0 Å². The summed E-state index contributed by atoms with van der Waals surface area (Å²) in [5.41, 5.74) is 10.1. The van der Waals surface area contributed by atoms with Crippen molar-refractivity contribution in [1.82, 2.24) is 19.3 Å². The maximum atomic E-state index is 5.84. The van der Waals surface area contributed by atoms with E-state index in [1.807, 2.05) is 23.9 Å². The van der Waals surface area contributed by atoms with Crippen molar-refractivity contribution in [1.29, 1.82) is 0 Å². The first-order chi connectivity index (χ1) is 10.2. The molecule has 0 aliphatic heterocycles. The van der Waals surface area contributed by atoms with E-state index in [1.165, 1.54) is 0 Å². The van der Waals surface area contributed by atoms with Gasteiger partial charge in [-0.3, -0.25) is 4.68 Å². The third-order valence-electron chi connectivity index (χ3n) is 3.71. The molecular weight excluding hydrogens is 330 g/mol. The monoisotopic (exact) mass is 347 g/mol. The zero-order valence-electron chi connectivity index (χ0n) is 12.2. The van der Waals surface area contributed by atoms with Gasteiger partial charge in [0.1, 0.15) is 5.65 Å². The van der Waals surface area contributed by atoms with Crippen molar-refractivity contribution in [3.8, 4) is 0 Å². The highest BCUT2D eigenvalue weighted by atomic mass is 79.9. The molecule has 0 saturated heterocycles. The fraction of sp³-hybridized carbons (Fsp3) is 0.333. The Labute approximate surface area is 131 Å².